The molecule has 156 valence electrons. The lowest BCUT2D eigenvalue weighted by Crippen LogP contribution is -2.31. The Hall–Kier alpha value is -3.06. The van der Waals surface area contributed by atoms with Gasteiger partial charge in [0.1, 0.15) is 0 Å². The number of methoxy groups -OCH3 is 2. The summed E-state index contributed by atoms with van der Waals surface area (Å²) in [5.41, 5.74) is 2.36. The molecule has 0 spiro atoms. The van der Waals surface area contributed by atoms with Crippen LogP contribution in [-0.2, 0) is 11.2 Å². The van der Waals surface area contributed by atoms with Crippen molar-refractivity contribution >= 4 is 17.5 Å². The molecule has 0 aliphatic heterocycles. The van der Waals surface area contributed by atoms with Crippen LogP contribution < -0.4 is 14.8 Å². The van der Waals surface area contributed by atoms with Crippen molar-refractivity contribution in [2.45, 2.75) is 6.42 Å². The molecule has 0 radical (unpaired) electrons. The molecule has 2 amide bonds. The van der Waals surface area contributed by atoms with E-state index in [2.05, 4.69) is 5.32 Å². The molecule has 29 heavy (non-hydrogen) atoms. The number of anilines is 1. The summed E-state index contributed by atoms with van der Waals surface area (Å²) in [4.78, 5) is 27.7. The number of nitrogens with one attached hydrogen (secondary N) is 1. The molecule has 7 nitrogen and oxygen atoms in total. The van der Waals surface area contributed by atoms with Crippen LogP contribution in [0.1, 0.15) is 15.9 Å². The van der Waals surface area contributed by atoms with Crippen molar-refractivity contribution in [3.8, 4) is 11.5 Å². The van der Waals surface area contributed by atoms with Crippen LogP contribution in [0, 0.1) is 0 Å². The van der Waals surface area contributed by atoms with Gasteiger partial charge < -0.3 is 19.7 Å². The summed E-state index contributed by atoms with van der Waals surface area (Å²) in [5.74, 6) is 1.22. The Bertz CT molecular complexity index is 834. The molecule has 2 aromatic carbocycles. The maximum atomic E-state index is 12.3. The van der Waals surface area contributed by atoms with Crippen LogP contribution in [0.5, 0.6) is 11.5 Å². The molecule has 0 bridgehead atoms. The molecule has 2 aromatic rings. The van der Waals surface area contributed by atoms with E-state index in [9.17, 15) is 9.59 Å². The summed E-state index contributed by atoms with van der Waals surface area (Å²) in [6, 6.07) is 12.7. The summed E-state index contributed by atoms with van der Waals surface area (Å²) >= 11 is 0. The predicted molar refractivity (Wildman–Crippen MR) is 114 cm³/mol. The van der Waals surface area contributed by atoms with Crippen molar-refractivity contribution in [3.05, 3.63) is 53.6 Å². The van der Waals surface area contributed by atoms with Crippen molar-refractivity contribution in [2.24, 2.45) is 0 Å². The van der Waals surface area contributed by atoms with Gasteiger partial charge in [-0.2, -0.15) is 0 Å². The average Bonchev–Trinajstić information content (AvgIpc) is 2.71. The van der Waals surface area contributed by atoms with Gasteiger partial charge in [0.15, 0.2) is 11.5 Å². The highest BCUT2D eigenvalue weighted by atomic mass is 16.5. The Labute approximate surface area is 172 Å². The van der Waals surface area contributed by atoms with Gasteiger partial charge in [-0.05, 0) is 55.4 Å². The summed E-state index contributed by atoms with van der Waals surface area (Å²) < 4.78 is 10.6. The van der Waals surface area contributed by atoms with E-state index in [1.165, 1.54) is 4.90 Å². The largest absolute Gasteiger partial charge is 0.493 e. The van der Waals surface area contributed by atoms with Gasteiger partial charge in [-0.15, -0.1) is 0 Å². The number of ether oxygens (including phenoxy) is 2. The first kappa shape index (κ1) is 22.2. The van der Waals surface area contributed by atoms with Gasteiger partial charge in [0, 0.05) is 31.9 Å². The first-order chi connectivity index (χ1) is 13.8. The second kappa shape index (κ2) is 10.5. The SMILES string of the molecule is COc1ccc(CCN(C)CC(=O)Nc2ccc(C(=O)N(C)C)cc2)cc1OC. The molecular formula is C22H29N3O4. The Morgan fingerprint density at radius 1 is 0.931 bits per heavy atom. The van der Waals surface area contributed by atoms with Crippen molar-refractivity contribution in [1.82, 2.24) is 9.80 Å². The fourth-order valence-electron chi connectivity index (χ4n) is 2.84. The monoisotopic (exact) mass is 399 g/mol. The lowest BCUT2D eigenvalue weighted by Gasteiger charge is -2.17. The van der Waals surface area contributed by atoms with E-state index in [0.29, 0.717) is 22.7 Å². The summed E-state index contributed by atoms with van der Waals surface area (Å²) in [6.07, 6.45) is 0.783. The van der Waals surface area contributed by atoms with Crippen LogP contribution in [0.15, 0.2) is 42.5 Å². The first-order valence-electron chi connectivity index (χ1n) is 9.35. The molecule has 0 saturated heterocycles. The molecule has 0 aromatic heterocycles. The lowest BCUT2D eigenvalue weighted by atomic mass is 10.1. The smallest absolute Gasteiger partial charge is 0.253 e. The average molecular weight is 399 g/mol. The van der Waals surface area contributed by atoms with Crippen LogP contribution in [0.4, 0.5) is 5.69 Å². The van der Waals surface area contributed by atoms with Gasteiger partial charge in [0.2, 0.25) is 5.91 Å². The third-order valence-electron chi connectivity index (χ3n) is 4.47. The number of hydrogen-bond acceptors (Lipinski definition) is 5. The van der Waals surface area contributed by atoms with Crippen molar-refractivity contribution in [3.63, 3.8) is 0 Å². The highest BCUT2D eigenvalue weighted by Crippen LogP contribution is 2.27. The van der Waals surface area contributed by atoms with E-state index in [4.69, 9.17) is 9.47 Å². The zero-order valence-corrected chi connectivity index (χ0v) is 17.7. The van der Waals surface area contributed by atoms with Crippen molar-refractivity contribution < 1.29 is 19.1 Å². The van der Waals surface area contributed by atoms with Gasteiger partial charge in [-0.1, -0.05) is 6.07 Å². The summed E-state index contributed by atoms with van der Waals surface area (Å²) in [6.45, 7) is 0.991. The fourth-order valence-corrected chi connectivity index (χ4v) is 2.84. The number of amides is 2. The number of carbonyl (C=O) groups excluding carboxylic acids is 2. The molecule has 0 aliphatic carbocycles. The van der Waals surface area contributed by atoms with E-state index >= 15 is 0 Å². The molecular weight excluding hydrogens is 370 g/mol. The van der Waals surface area contributed by atoms with Crippen LogP contribution in [0.25, 0.3) is 0 Å². The molecule has 0 fully saturated rings. The quantitative estimate of drug-likeness (QED) is 0.702. The van der Waals surface area contributed by atoms with Gasteiger partial charge in [-0.3, -0.25) is 14.5 Å². The molecule has 1 N–H and O–H groups in total. The number of benzene rings is 2. The Morgan fingerprint density at radius 3 is 2.17 bits per heavy atom. The van der Waals surface area contributed by atoms with Crippen LogP contribution >= 0.6 is 0 Å². The lowest BCUT2D eigenvalue weighted by molar-refractivity contribution is -0.117. The van der Waals surface area contributed by atoms with Crippen LogP contribution in [0.3, 0.4) is 0 Å². The topological polar surface area (TPSA) is 71.1 Å². The molecule has 7 heteroatoms. The molecule has 0 atom stereocenters. The standard InChI is InChI=1S/C22H29N3O4/c1-24(2)22(27)17-7-9-18(10-8-17)23-21(26)15-25(3)13-12-16-6-11-19(28-4)20(14-16)29-5/h6-11,14H,12-13,15H2,1-5H3,(H,23,26). The minimum absolute atomic E-state index is 0.0715. The minimum atomic E-state index is -0.105. The third-order valence-corrected chi connectivity index (χ3v) is 4.47. The Kier molecular flexibility index (Phi) is 8.03. The van der Waals surface area contributed by atoms with Crippen molar-refractivity contribution in [1.29, 1.82) is 0 Å². The minimum Gasteiger partial charge on any atom is -0.493 e. The second-order valence-electron chi connectivity index (χ2n) is 7.00. The van der Waals surface area contributed by atoms with Gasteiger partial charge >= 0.3 is 0 Å². The molecule has 0 aliphatic rings. The second-order valence-corrected chi connectivity index (χ2v) is 7.00. The highest BCUT2D eigenvalue weighted by Gasteiger charge is 2.11. The Morgan fingerprint density at radius 2 is 1.59 bits per heavy atom. The van der Waals surface area contributed by atoms with Gasteiger partial charge in [0.05, 0.1) is 20.8 Å². The third kappa shape index (κ3) is 6.50. The first-order valence-corrected chi connectivity index (χ1v) is 9.35. The number of rotatable bonds is 9. The maximum Gasteiger partial charge on any atom is 0.253 e. The van der Waals surface area contributed by atoms with E-state index in [-0.39, 0.29) is 18.4 Å². The zero-order chi connectivity index (χ0) is 21.4. The molecule has 0 saturated carbocycles. The van der Waals surface area contributed by atoms with E-state index < -0.39 is 0 Å². The summed E-state index contributed by atoms with van der Waals surface area (Å²) in [7, 11) is 8.53. The van der Waals surface area contributed by atoms with Crippen molar-refractivity contribution in [2.75, 3.05) is 53.8 Å². The predicted octanol–water partition coefficient (Wildman–Crippen LogP) is 2.52. The normalized spacial score (nSPS) is 10.6. The summed E-state index contributed by atoms with van der Waals surface area (Å²) in [5, 5.41) is 2.86. The van der Waals surface area contributed by atoms with Crippen LogP contribution in [0.2, 0.25) is 0 Å². The van der Waals surface area contributed by atoms with Crippen LogP contribution in [-0.4, -0.2) is 70.1 Å². The number of hydrogen-bond donors (Lipinski definition) is 1. The van der Waals surface area contributed by atoms with Gasteiger partial charge in [0.25, 0.3) is 5.91 Å². The molecule has 0 unspecified atom stereocenters. The Balaban J connectivity index is 1.84. The fraction of sp³-hybridized carbons (Fsp3) is 0.364. The van der Waals surface area contributed by atoms with Gasteiger partial charge in [-0.25, -0.2) is 0 Å². The highest BCUT2D eigenvalue weighted by molar-refractivity contribution is 5.96. The number of nitrogens with zero attached hydrogens (tertiary/aromatic N) is 2. The molecule has 2 rings (SSSR count). The van der Waals surface area contributed by atoms with E-state index in [0.717, 1.165) is 18.5 Å². The zero-order valence-electron chi connectivity index (χ0n) is 17.7. The molecule has 0 heterocycles. The van der Waals surface area contributed by atoms with E-state index in [1.54, 1.807) is 52.6 Å². The number of likely N-dealkylation sites (N-methyl/N-ethyl adjacent to an activating group) is 1. The number of carbonyl (C=O) groups is 2. The maximum absolute atomic E-state index is 12.3. The van der Waals surface area contributed by atoms with E-state index in [1.807, 2.05) is 30.1 Å².